The summed E-state index contributed by atoms with van der Waals surface area (Å²) in [5.41, 5.74) is 1.33. The number of hydrogen-bond acceptors (Lipinski definition) is 2. The Balaban J connectivity index is 1.16. The van der Waals surface area contributed by atoms with Crippen LogP contribution in [0.15, 0.2) is 35.3 Å². The molecule has 0 radical (unpaired) electrons. The van der Waals surface area contributed by atoms with Crippen LogP contribution in [0.1, 0.15) is 88.7 Å². The Labute approximate surface area is 201 Å². The second kappa shape index (κ2) is 7.32. The number of aliphatic imine (C=N–C) groups is 1. The van der Waals surface area contributed by atoms with Gasteiger partial charge in [0.2, 0.25) is 0 Å². The van der Waals surface area contributed by atoms with Crippen LogP contribution in [0.25, 0.3) is 0 Å². The van der Waals surface area contributed by atoms with E-state index in [1.54, 1.807) is 77.0 Å². The van der Waals surface area contributed by atoms with Crippen molar-refractivity contribution in [3.05, 3.63) is 35.9 Å². The van der Waals surface area contributed by atoms with E-state index in [1.165, 1.54) is 11.7 Å². The summed E-state index contributed by atoms with van der Waals surface area (Å²) in [6.07, 6.45) is 20.0. The number of ether oxygens (including phenoxy) is 1. The summed E-state index contributed by atoms with van der Waals surface area (Å²) in [7, 11) is -0.0636. The summed E-state index contributed by atoms with van der Waals surface area (Å²) in [5, 5.41) is 1.35. The summed E-state index contributed by atoms with van der Waals surface area (Å²) >= 11 is 0. The Bertz CT molecular complexity index is 839. The van der Waals surface area contributed by atoms with Gasteiger partial charge >= 0.3 is 0 Å². The lowest BCUT2D eigenvalue weighted by Crippen LogP contribution is -2.57. The maximum absolute atomic E-state index is 6.44. The summed E-state index contributed by atoms with van der Waals surface area (Å²) < 4.78 is 6.44. The minimum absolute atomic E-state index is 0.0636. The van der Waals surface area contributed by atoms with E-state index in [1.807, 2.05) is 0 Å². The number of rotatable bonds is 5. The molecular weight excluding hydrogens is 421 g/mol. The fourth-order valence-corrected chi connectivity index (χ4v) is 16.1. The highest BCUT2D eigenvalue weighted by atomic mass is 31.1. The zero-order chi connectivity index (χ0) is 21.6. The SMILES string of the molecule is c1ccc([C@@H]2COC(CP(C34CC5CC(CC(C5)C3)C4)C34CC5CC(CC(C5)C3)C4)=N2)cc1. The van der Waals surface area contributed by atoms with Gasteiger partial charge in [-0.15, -0.1) is 0 Å². The van der Waals surface area contributed by atoms with Crippen molar-refractivity contribution in [1.29, 1.82) is 0 Å². The molecule has 0 aromatic heterocycles. The molecule has 0 amide bonds. The minimum atomic E-state index is -0.0636. The quantitative estimate of drug-likeness (QED) is 0.414. The smallest absolute Gasteiger partial charge is 0.188 e. The molecule has 1 aliphatic heterocycles. The van der Waals surface area contributed by atoms with Crippen molar-refractivity contribution in [2.24, 2.45) is 40.5 Å². The van der Waals surface area contributed by atoms with Gasteiger partial charge in [0.15, 0.2) is 5.90 Å². The van der Waals surface area contributed by atoms with Crippen LogP contribution < -0.4 is 0 Å². The molecule has 0 spiro atoms. The van der Waals surface area contributed by atoms with E-state index in [4.69, 9.17) is 9.73 Å². The molecule has 1 aromatic rings. The van der Waals surface area contributed by atoms with Gasteiger partial charge in [-0.1, -0.05) is 38.3 Å². The van der Waals surface area contributed by atoms with Crippen LogP contribution in [0.5, 0.6) is 0 Å². The molecule has 1 heterocycles. The largest absolute Gasteiger partial charge is 0.478 e. The average Bonchev–Trinajstić information content (AvgIpc) is 3.25. The molecule has 33 heavy (non-hydrogen) atoms. The molecule has 2 nitrogen and oxygen atoms in total. The predicted octanol–water partition coefficient (Wildman–Crippen LogP) is 7.58. The molecule has 0 N–H and O–H groups in total. The lowest BCUT2D eigenvalue weighted by Gasteiger charge is -2.67. The molecule has 0 unspecified atom stereocenters. The maximum Gasteiger partial charge on any atom is 0.188 e. The highest BCUT2D eigenvalue weighted by Crippen LogP contribution is 2.78. The van der Waals surface area contributed by atoms with Gasteiger partial charge in [-0.25, -0.2) is 4.99 Å². The van der Waals surface area contributed by atoms with Gasteiger partial charge in [0, 0.05) is 6.16 Å². The van der Waals surface area contributed by atoms with E-state index in [0.717, 1.165) is 48.0 Å². The van der Waals surface area contributed by atoms with Crippen LogP contribution in [0.4, 0.5) is 0 Å². The topological polar surface area (TPSA) is 21.6 Å². The molecule has 8 saturated carbocycles. The highest BCUT2D eigenvalue weighted by molar-refractivity contribution is 7.62. The van der Waals surface area contributed by atoms with E-state index in [9.17, 15) is 0 Å². The first kappa shape index (κ1) is 20.3. The molecule has 8 bridgehead atoms. The molecule has 9 aliphatic rings. The monoisotopic (exact) mass is 461 g/mol. The Morgan fingerprint density at radius 3 is 1.61 bits per heavy atom. The zero-order valence-electron chi connectivity index (χ0n) is 20.1. The Hall–Kier alpha value is -0.880. The summed E-state index contributed by atoms with van der Waals surface area (Å²) in [4.78, 5) is 5.26. The molecule has 8 fully saturated rings. The first-order valence-corrected chi connectivity index (χ1v) is 15.7. The third-order valence-corrected chi connectivity index (χ3v) is 15.3. The van der Waals surface area contributed by atoms with Crippen LogP contribution in [0.3, 0.4) is 0 Å². The molecule has 1 atom stereocenters. The predicted molar refractivity (Wildman–Crippen MR) is 136 cm³/mol. The Morgan fingerprint density at radius 1 is 0.697 bits per heavy atom. The summed E-state index contributed by atoms with van der Waals surface area (Å²) in [5.74, 6) is 7.48. The third-order valence-electron chi connectivity index (χ3n) is 11.3. The van der Waals surface area contributed by atoms with E-state index in [-0.39, 0.29) is 14.0 Å². The van der Waals surface area contributed by atoms with E-state index < -0.39 is 0 Å². The first-order chi connectivity index (χ1) is 16.1. The van der Waals surface area contributed by atoms with Crippen LogP contribution in [-0.4, -0.2) is 29.0 Å². The van der Waals surface area contributed by atoms with Crippen molar-refractivity contribution in [2.45, 2.75) is 93.4 Å². The third kappa shape index (κ3) is 3.25. The number of hydrogen-bond donors (Lipinski definition) is 0. The number of benzene rings is 1. The standard InChI is InChI=1S/C30H40NOP/c1-2-4-26(5-3-1)27-18-32-28(31-27)19-33(29-12-20-6-21(13-29)8-22(7-20)14-29)30-15-23-9-24(16-30)11-25(10-23)17-30/h1-5,20-25,27H,6-19H2/t20?,21?,22?,23?,24?,25?,27-,29?,30?,33?/m0/s1. The van der Waals surface area contributed by atoms with Crippen molar-refractivity contribution < 1.29 is 4.74 Å². The minimum Gasteiger partial charge on any atom is -0.478 e. The second-order valence-electron chi connectivity index (χ2n) is 13.6. The maximum atomic E-state index is 6.44. The molecule has 3 heteroatoms. The molecule has 0 saturated heterocycles. The van der Waals surface area contributed by atoms with Crippen LogP contribution in [0.2, 0.25) is 0 Å². The number of nitrogens with zero attached hydrogens (tertiary/aromatic N) is 1. The normalized spacial score (nSPS) is 49.8. The lowest BCUT2D eigenvalue weighted by molar-refractivity contribution is 0.0187. The second-order valence-corrected chi connectivity index (χ2v) is 16.7. The average molecular weight is 462 g/mol. The van der Waals surface area contributed by atoms with E-state index >= 15 is 0 Å². The Morgan fingerprint density at radius 2 is 1.15 bits per heavy atom. The van der Waals surface area contributed by atoms with E-state index in [2.05, 4.69) is 30.3 Å². The summed E-state index contributed by atoms with van der Waals surface area (Å²) in [6, 6.07) is 11.1. The van der Waals surface area contributed by atoms with Gasteiger partial charge in [-0.3, -0.25) is 0 Å². The van der Waals surface area contributed by atoms with Crippen molar-refractivity contribution in [3.8, 4) is 0 Å². The highest BCUT2D eigenvalue weighted by Gasteiger charge is 2.62. The van der Waals surface area contributed by atoms with Crippen molar-refractivity contribution in [1.82, 2.24) is 0 Å². The van der Waals surface area contributed by atoms with Gasteiger partial charge < -0.3 is 4.74 Å². The van der Waals surface area contributed by atoms with Crippen LogP contribution >= 0.6 is 7.92 Å². The first-order valence-electron chi connectivity index (χ1n) is 14.2. The van der Waals surface area contributed by atoms with Crippen molar-refractivity contribution >= 4 is 13.8 Å². The Kier molecular flexibility index (Phi) is 4.51. The van der Waals surface area contributed by atoms with Crippen molar-refractivity contribution in [3.63, 3.8) is 0 Å². The summed E-state index contributed by atoms with van der Waals surface area (Å²) in [6.45, 7) is 0.768. The van der Waals surface area contributed by atoms with E-state index in [0.29, 0.717) is 10.3 Å². The van der Waals surface area contributed by atoms with Gasteiger partial charge in [-0.2, -0.15) is 0 Å². The molecular formula is C30H40NOP. The fourth-order valence-electron chi connectivity index (χ4n) is 11.1. The van der Waals surface area contributed by atoms with Crippen molar-refractivity contribution in [2.75, 3.05) is 12.8 Å². The van der Waals surface area contributed by atoms with Gasteiger partial charge in [0.1, 0.15) is 12.6 Å². The van der Waals surface area contributed by atoms with Gasteiger partial charge in [0.05, 0.1) is 0 Å². The molecule has 1 aromatic carbocycles. The van der Waals surface area contributed by atoms with Crippen LogP contribution in [-0.2, 0) is 4.74 Å². The molecule has 8 aliphatic carbocycles. The van der Waals surface area contributed by atoms with Gasteiger partial charge in [0.25, 0.3) is 0 Å². The van der Waals surface area contributed by atoms with Crippen LogP contribution in [0, 0.1) is 35.5 Å². The fraction of sp³-hybridized carbons (Fsp3) is 0.767. The van der Waals surface area contributed by atoms with Gasteiger partial charge in [-0.05, 0) is 128 Å². The molecule has 10 rings (SSSR count). The lowest BCUT2D eigenvalue weighted by atomic mass is 9.55. The zero-order valence-corrected chi connectivity index (χ0v) is 21.0. The molecule has 176 valence electrons.